The third-order valence-electron chi connectivity index (χ3n) is 3.31. The Morgan fingerprint density at radius 2 is 2.38 bits per heavy atom. The van der Waals surface area contributed by atoms with Crippen LogP contribution in [0.3, 0.4) is 0 Å². The van der Waals surface area contributed by atoms with Crippen molar-refractivity contribution in [3.63, 3.8) is 0 Å². The minimum Gasteiger partial charge on any atom is -0.373 e. The smallest absolute Gasteiger partial charge is 0.0960 e. The molecule has 1 fully saturated rings. The van der Waals surface area contributed by atoms with Crippen molar-refractivity contribution in [2.45, 2.75) is 38.3 Å². The molecule has 2 atom stereocenters. The van der Waals surface area contributed by atoms with Gasteiger partial charge in [-0.2, -0.15) is 0 Å². The summed E-state index contributed by atoms with van der Waals surface area (Å²) in [5, 5.41) is 3.37. The average molecular weight is 260 g/mol. The molecule has 2 rings (SSSR count). The van der Waals surface area contributed by atoms with Crippen molar-refractivity contribution < 1.29 is 4.74 Å². The Morgan fingerprint density at radius 3 is 2.81 bits per heavy atom. The first kappa shape index (κ1) is 12.4. The fourth-order valence-electron chi connectivity index (χ4n) is 2.40. The SMILES string of the molecule is CNC(c1cc(C)c(Cl)s1)C1(C)CCCO1. The van der Waals surface area contributed by atoms with Crippen molar-refractivity contribution in [3.8, 4) is 0 Å². The van der Waals surface area contributed by atoms with Crippen LogP contribution in [-0.4, -0.2) is 19.3 Å². The molecule has 1 aromatic heterocycles. The van der Waals surface area contributed by atoms with Gasteiger partial charge in [0.1, 0.15) is 0 Å². The predicted octanol–water partition coefficient (Wildman–Crippen LogP) is 3.54. The molecule has 0 aromatic carbocycles. The maximum absolute atomic E-state index is 6.13. The molecule has 0 amide bonds. The summed E-state index contributed by atoms with van der Waals surface area (Å²) in [6.07, 6.45) is 2.25. The van der Waals surface area contributed by atoms with Gasteiger partial charge >= 0.3 is 0 Å². The monoisotopic (exact) mass is 259 g/mol. The van der Waals surface area contributed by atoms with Crippen LogP contribution in [0.1, 0.15) is 36.2 Å². The van der Waals surface area contributed by atoms with E-state index in [-0.39, 0.29) is 11.6 Å². The van der Waals surface area contributed by atoms with E-state index in [1.54, 1.807) is 11.3 Å². The van der Waals surface area contributed by atoms with Crippen LogP contribution in [0.15, 0.2) is 6.07 Å². The molecule has 0 saturated carbocycles. The molecule has 1 aliphatic heterocycles. The first-order valence-electron chi connectivity index (χ1n) is 5.64. The number of halogens is 1. The lowest BCUT2D eigenvalue weighted by Crippen LogP contribution is -2.39. The van der Waals surface area contributed by atoms with Crippen molar-refractivity contribution >= 4 is 22.9 Å². The first-order chi connectivity index (χ1) is 7.57. The second kappa shape index (κ2) is 4.65. The maximum Gasteiger partial charge on any atom is 0.0960 e. The molecule has 0 bridgehead atoms. The third kappa shape index (κ3) is 2.14. The van der Waals surface area contributed by atoms with E-state index in [1.165, 1.54) is 4.88 Å². The van der Waals surface area contributed by atoms with Gasteiger partial charge in [0.2, 0.25) is 0 Å². The number of aryl methyl sites for hydroxylation is 1. The number of likely N-dealkylation sites (N-methyl/N-ethyl adjacent to an activating group) is 1. The zero-order valence-corrected chi connectivity index (χ0v) is 11.5. The summed E-state index contributed by atoms with van der Waals surface area (Å²) < 4.78 is 6.78. The van der Waals surface area contributed by atoms with Crippen LogP contribution >= 0.6 is 22.9 Å². The van der Waals surface area contributed by atoms with Gasteiger partial charge in [0.05, 0.1) is 16.0 Å². The summed E-state index contributed by atoms with van der Waals surface area (Å²) in [7, 11) is 1.99. The molecular weight excluding hydrogens is 242 g/mol. The Labute approximate surface area is 106 Å². The summed E-state index contributed by atoms with van der Waals surface area (Å²) in [5.41, 5.74) is 1.07. The van der Waals surface area contributed by atoms with Gasteiger partial charge in [0, 0.05) is 11.5 Å². The van der Waals surface area contributed by atoms with E-state index < -0.39 is 0 Å². The summed E-state index contributed by atoms with van der Waals surface area (Å²) in [4.78, 5) is 1.27. The van der Waals surface area contributed by atoms with Crippen LogP contribution in [-0.2, 0) is 4.74 Å². The number of thiophene rings is 1. The van der Waals surface area contributed by atoms with Crippen molar-refractivity contribution in [2.75, 3.05) is 13.7 Å². The Morgan fingerprint density at radius 1 is 1.62 bits per heavy atom. The normalized spacial score (nSPS) is 27.2. The highest BCUT2D eigenvalue weighted by atomic mass is 35.5. The van der Waals surface area contributed by atoms with Crippen molar-refractivity contribution in [1.29, 1.82) is 0 Å². The molecule has 1 saturated heterocycles. The van der Waals surface area contributed by atoms with Crippen molar-refractivity contribution in [1.82, 2.24) is 5.32 Å². The van der Waals surface area contributed by atoms with E-state index in [9.17, 15) is 0 Å². The van der Waals surface area contributed by atoms with Crippen LogP contribution in [0.25, 0.3) is 0 Å². The van der Waals surface area contributed by atoms with Gasteiger partial charge < -0.3 is 10.1 Å². The van der Waals surface area contributed by atoms with Gasteiger partial charge in [0.25, 0.3) is 0 Å². The summed E-state index contributed by atoms with van der Waals surface area (Å²) in [5.74, 6) is 0. The molecule has 0 aliphatic carbocycles. The van der Waals surface area contributed by atoms with Gasteiger partial charge in [0.15, 0.2) is 0 Å². The average Bonchev–Trinajstić information content (AvgIpc) is 2.77. The minimum absolute atomic E-state index is 0.0879. The standard InChI is InChI=1S/C12H18ClNOS/c1-8-7-9(16-11(8)13)10(14-3)12(2)5-4-6-15-12/h7,10,14H,4-6H2,1-3H3. The highest BCUT2D eigenvalue weighted by molar-refractivity contribution is 7.16. The van der Waals surface area contributed by atoms with Crippen LogP contribution in [0.5, 0.6) is 0 Å². The second-order valence-electron chi connectivity index (χ2n) is 4.59. The van der Waals surface area contributed by atoms with E-state index >= 15 is 0 Å². The Hall–Kier alpha value is -0.0900. The van der Waals surface area contributed by atoms with Crippen LogP contribution < -0.4 is 5.32 Å². The molecule has 0 radical (unpaired) electrons. The largest absolute Gasteiger partial charge is 0.373 e. The molecule has 4 heteroatoms. The van der Waals surface area contributed by atoms with Gasteiger partial charge in [-0.15, -0.1) is 11.3 Å². The van der Waals surface area contributed by atoms with E-state index in [1.807, 2.05) is 14.0 Å². The van der Waals surface area contributed by atoms with Gasteiger partial charge in [-0.3, -0.25) is 0 Å². The van der Waals surface area contributed by atoms with Crippen LogP contribution in [0.2, 0.25) is 4.34 Å². The molecule has 1 aromatic rings. The Bertz CT molecular complexity index is 352. The number of rotatable bonds is 3. The van der Waals surface area contributed by atoms with E-state index in [0.717, 1.165) is 29.3 Å². The zero-order valence-electron chi connectivity index (χ0n) is 9.97. The maximum atomic E-state index is 6.13. The molecule has 0 spiro atoms. The Kier molecular flexibility index (Phi) is 3.59. The van der Waals surface area contributed by atoms with E-state index in [2.05, 4.69) is 18.3 Å². The van der Waals surface area contributed by atoms with Crippen LogP contribution in [0.4, 0.5) is 0 Å². The zero-order chi connectivity index (χ0) is 11.8. The molecular formula is C12H18ClNOS. The van der Waals surface area contributed by atoms with Crippen LogP contribution in [0, 0.1) is 6.92 Å². The van der Waals surface area contributed by atoms with Gasteiger partial charge in [-0.05, 0) is 45.4 Å². The number of hydrogen-bond donors (Lipinski definition) is 1. The molecule has 2 nitrogen and oxygen atoms in total. The molecule has 1 N–H and O–H groups in total. The molecule has 16 heavy (non-hydrogen) atoms. The molecule has 90 valence electrons. The predicted molar refractivity (Wildman–Crippen MR) is 69.5 cm³/mol. The minimum atomic E-state index is -0.0879. The highest BCUT2D eigenvalue weighted by Crippen LogP contribution is 2.41. The number of nitrogens with one attached hydrogen (secondary N) is 1. The quantitative estimate of drug-likeness (QED) is 0.897. The lowest BCUT2D eigenvalue weighted by Gasteiger charge is -2.32. The number of ether oxygens (including phenoxy) is 1. The van der Waals surface area contributed by atoms with Crippen molar-refractivity contribution in [3.05, 3.63) is 20.8 Å². The summed E-state index contributed by atoms with van der Waals surface area (Å²) >= 11 is 7.79. The second-order valence-corrected chi connectivity index (χ2v) is 6.28. The number of hydrogen-bond acceptors (Lipinski definition) is 3. The lowest BCUT2D eigenvalue weighted by atomic mass is 9.92. The highest BCUT2D eigenvalue weighted by Gasteiger charge is 2.39. The topological polar surface area (TPSA) is 21.3 Å². The van der Waals surface area contributed by atoms with Gasteiger partial charge in [-0.25, -0.2) is 0 Å². The molecule has 2 heterocycles. The van der Waals surface area contributed by atoms with E-state index in [0.29, 0.717) is 0 Å². The van der Waals surface area contributed by atoms with Gasteiger partial charge in [-0.1, -0.05) is 11.6 Å². The lowest BCUT2D eigenvalue weighted by molar-refractivity contribution is -0.00949. The fourth-order valence-corrected chi connectivity index (χ4v) is 3.87. The molecule has 2 unspecified atom stereocenters. The fraction of sp³-hybridized carbons (Fsp3) is 0.667. The first-order valence-corrected chi connectivity index (χ1v) is 6.83. The van der Waals surface area contributed by atoms with E-state index in [4.69, 9.17) is 16.3 Å². The molecule has 1 aliphatic rings. The summed E-state index contributed by atoms with van der Waals surface area (Å²) in [6.45, 7) is 5.10. The Balaban J connectivity index is 2.28. The third-order valence-corrected chi connectivity index (χ3v) is 4.93. The summed E-state index contributed by atoms with van der Waals surface area (Å²) in [6, 6.07) is 2.41. The van der Waals surface area contributed by atoms with Crippen molar-refractivity contribution in [2.24, 2.45) is 0 Å².